The molecule has 3 aromatic rings. The molecule has 0 amide bonds. The summed E-state index contributed by atoms with van der Waals surface area (Å²) in [5.74, 6) is 1.24. The van der Waals surface area contributed by atoms with Crippen molar-refractivity contribution in [1.82, 2.24) is 9.55 Å². The third kappa shape index (κ3) is 1.59. The zero-order valence-corrected chi connectivity index (χ0v) is 9.83. The van der Waals surface area contributed by atoms with Crippen LogP contribution in [0.3, 0.4) is 0 Å². The van der Waals surface area contributed by atoms with Crippen molar-refractivity contribution in [3.63, 3.8) is 0 Å². The molecule has 1 aromatic heterocycles. The van der Waals surface area contributed by atoms with Crippen LogP contribution in [-0.4, -0.2) is 19.8 Å². The van der Waals surface area contributed by atoms with Crippen molar-refractivity contribution in [2.75, 3.05) is 0 Å². The monoisotopic (exact) mass is 240 g/mol. The molecule has 18 heavy (non-hydrogen) atoms. The van der Waals surface area contributed by atoms with Crippen LogP contribution in [0.2, 0.25) is 0 Å². The van der Waals surface area contributed by atoms with Gasteiger partial charge in [-0.25, -0.2) is 4.98 Å². The second-order valence-corrected chi connectivity index (χ2v) is 4.21. The lowest BCUT2D eigenvalue weighted by Gasteiger charge is -2.02. The summed E-state index contributed by atoms with van der Waals surface area (Å²) in [6.07, 6.45) is 0. The van der Waals surface area contributed by atoms with Gasteiger partial charge in [0.15, 0.2) is 0 Å². The van der Waals surface area contributed by atoms with E-state index < -0.39 is 0 Å². The molecule has 2 aromatic carbocycles. The minimum Gasteiger partial charge on any atom is -0.508 e. The normalized spacial score (nSPS) is 10.9. The van der Waals surface area contributed by atoms with E-state index in [1.165, 1.54) is 0 Å². The average Bonchev–Trinajstić information content (AvgIpc) is 2.67. The minimum atomic E-state index is 0.206. The molecule has 0 aliphatic rings. The van der Waals surface area contributed by atoms with Crippen LogP contribution < -0.4 is 0 Å². The molecule has 0 unspecified atom stereocenters. The highest BCUT2D eigenvalue weighted by molar-refractivity contribution is 5.81. The SMILES string of the molecule is Cn1c(-c2ccc(O)cc2)nc2cc(O)ccc21. The van der Waals surface area contributed by atoms with E-state index >= 15 is 0 Å². The van der Waals surface area contributed by atoms with Gasteiger partial charge in [0.1, 0.15) is 17.3 Å². The zero-order chi connectivity index (χ0) is 12.7. The highest BCUT2D eigenvalue weighted by Crippen LogP contribution is 2.26. The molecule has 0 atom stereocenters. The van der Waals surface area contributed by atoms with Gasteiger partial charge in [-0.2, -0.15) is 0 Å². The Hall–Kier alpha value is -2.49. The first-order chi connectivity index (χ1) is 8.65. The lowest BCUT2D eigenvalue weighted by atomic mass is 10.2. The predicted molar refractivity (Wildman–Crippen MR) is 69.5 cm³/mol. The number of nitrogens with zero attached hydrogens (tertiary/aromatic N) is 2. The Morgan fingerprint density at radius 3 is 2.33 bits per heavy atom. The van der Waals surface area contributed by atoms with E-state index in [1.807, 2.05) is 29.8 Å². The van der Waals surface area contributed by atoms with E-state index in [9.17, 15) is 10.2 Å². The topological polar surface area (TPSA) is 58.3 Å². The molecule has 4 heteroatoms. The molecule has 0 aliphatic heterocycles. The molecule has 0 saturated heterocycles. The van der Waals surface area contributed by atoms with Gasteiger partial charge >= 0.3 is 0 Å². The number of phenolic OH excluding ortho intramolecular Hbond substituents is 2. The van der Waals surface area contributed by atoms with Crippen LogP contribution in [-0.2, 0) is 7.05 Å². The number of phenols is 2. The fraction of sp³-hybridized carbons (Fsp3) is 0.0714. The molecule has 3 rings (SSSR count). The van der Waals surface area contributed by atoms with Gasteiger partial charge in [-0.05, 0) is 36.4 Å². The van der Waals surface area contributed by atoms with Crippen LogP contribution in [0.1, 0.15) is 0 Å². The molecular weight excluding hydrogens is 228 g/mol. The van der Waals surface area contributed by atoms with E-state index in [4.69, 9.17) is 0 Å². The smallest absolute Gasteiger partial charge is 0.140 e. The van der Waals surface area contributed by atoms with Crippen LogP contribution in [0.15, 0.2) is 42.5 Å². The summed E-state index contributed by atoms with van der Waals surface area (Å²) in [5, 5.41) is 18.7. The third-order valence-corrected chi connectivity index (χ3v) is 2.99. The molecule has 2 N–H and O–H groups in total. The molecule has 90 valence electrons. The first-order valence-electron chi connectivity index (χ1n) is 5.60. The molecule has 0 spiro atoms. The first-order valence-corrected chi connectivity index (χ1v) is 5.60. The summed E-state index contributed by atoms with van der Waals surface area (Å²) in [4.78, 5) is 4.49. The summed E-state index contributed by atoms with van der Waals surface area (Å²) in [7, 11) is 1.93. The van der Waals surface area contributed by atoms with Crippen molar-refractivity contribution in [3.8, 4) is 22.9 Å². The predicted octanol–water partition coefficient (Wildman–Crippen LogP) is 2.65. The Morgan fingerprint density at radius 2 is 1.61 bits per heavy atom. The van der Waals surface area contributed by atoms with Gasteiger partial charge in [-0.3, -0.25) is 0 Å². The number of hydrogen-bond acceptors (Lipinski definition) is 3. The summed E-state index contributed by atoms with van der Waals surface area (Å²) >= 11 is 0. The maximum absolute atomic E-state index is 9.46. The Bertz CT molecular complexity index is 714. The maximum atomic E-state index is 9.46. The van der Waals surface area contributed by atoms with Crippen molar-refractivity contribution < 1.29 is 10.2 Å². The number of aromatic hydroxyl groups is 2. The summed E-state index contributed by atoms with van der Waals surface area (Å²) in [6, 6.07) is 12.0. The second-order valence-electron chi connectivity index (χ2n) is 4.21. The van der Waals surface area contributed by atoms with Crippen LogP contribution in [0.4, 0.5) is 0 Å². The largest absolute Gasteiger partial charge is 0.508 e. The van der Waals surface area contributed by atoms with E-state index in [0.29, 0.717) is 0 Å². The van der Waals surface area contributed by atoms with Gasteiger partial charge in [0, 0.05) is 18.7 Å². The number of fused-ring (bicyclic) bond motifs is 1. The Balaban J connectivity index is 2.23. The van der Waals surface area contributed by atoms with Crippen LogP contribution in [0.5, 0.6) is 11.5 Å². The number of aryl methyl sites for hydroxylation is 1. The first kappa shape index (κ1) is 10.7. The molecule has 0 radical (unpaired) electrons. The fourth-order valence-electron chi connectivity index (χ4n) is 2.06. The van der Waals surface area contributed by atoms with Gasteiger partial charge in [0.2, 0.25) is 0 Å². The Morgan fingerprint density at radius 1 is 0.944 bits per heavy atom. The standard InChI is InChI=1S/C14H12N2O2/c1-16-13-7-6-11(18)8-12(13)15-14(16)9-2-4-10(17)5-3-9/h2-8,17-18H,1H3. The number of imidazole rings is 1. The quantitative estimate of drug-likeness (QED) is 0.687. The van der Waals surface area contributed by atoms with E-state index in [2.05, 4.69) is 4.98 Å². The van der Waals surface area contributed by atoms with Gasteiger partial charge in [-0.1, -0.05) is 0 Å². The van der Waals surface area contributed by atoms with Crippen LogP contribution in [0.25, 0.3) is 22.4 Å². The molecule has 0 fully saturated rings. The molecule has 4 nitrogen and oxygen atoms in total. The van der Waals surface area contributed by atoms with Crippen molar-refractivity contribution in [3.05, 3.63) is 42.5 Å². The van der Waals surface area contributed by atoms with E-state index in [1.54, 1.807) is 24.3 Å². The van der Waals surface area contributed by atoms with Gasteiger partial charge in [0.25, 0.3) is 0 Å². The Labute approximate surface area is 104 Å². The summed E-state index contributed by atoms with van der Waals surface area (Å²) < 4.78 is 1.96. The van der Waals surface area contributed by atoms with Crippen molar-refractivity contribution in [1.29, 1.82) is 0 Å². The lowest BCUT2D eigenvalue weighted by molar-refractivity contribution is 0.475. The van der Waals surface area contributed by atoms with Gasteiger partial charge in [-0.15, -0.1) is 0 Å². The minimum absolute atomic E-state index is 0.206. The number of hydrogen-bond donors (Lipinski definition) is 2. The highest BCUT2D eigenvalue weighted by Gasteiger charge is 2.10. The number of rotatable bonds is 1. The Kier molecular flexibility index (Phi) is 2.23. The molecular formula is C14H12N2O2. The number of aromatic nitrogens is 2. The van der Waals surface area contributed by atoms with Crippen molar-refractivity contribution in [2.24, 2.45) is 7.05 Å². The number of benzene rings is 2. The van der Waals surface area contributed by atoms with E-state index in [-0.39, 0.29) is 11.5 Å². The lowest BCUT2D eigenvalue weighted by Crippen LogP contribution is -1.91. The highest BCUT2D eigenvalue weighted by atomic mass is 16.3. The molecule has 0 aliphatic carbocycles. The van der Waals surface area contributed by atoms with Gasteiger partial charge in [0.05, 0.1) is 11.0 Å². The maximum Gasteiger partial charge on any atom is 0.140 e. The zero-order valence-electron chi connectivity index (χ0n) is 9.83. The average molecular weight is 240 g/mol. The van der Waals surface area contributed by atoms with E-state index in [0.717, 1.165) is 22.4 Å². The van der Waals surface area contributed by atoms with Crippen LogP contribution >= 0.6 is 0 Å². The molecule has 0 bridgehead atoms. The summed E-state index contributed by atoms with van der Waals surface area (Å²) in [6.45, 7) is 0. The van der Waals surface area contributed by atoms with Crippen molar-refractivity contribution in [2.45, 2.75) is 0 Å². The fourth-order valence-corrected chi connectivity index (χ4v) is 2.06. The van der Waals surface area contributed by atoms with Crippen LogP contribution in [0, 0.1) is 0 Å². The third-order valence-electron chi connectivity index (χ3n) is 2.99. The summed E-state index contributed by atoms with van der Waals surface area (Å²) in [5.41, 5.74) is 2.63. The van der Waals surface area contributed by atoms with Gasteiger partial charge < -0.3 is 14.8 Å². The second kappa shape index (κ2) is 3.77. The molecule has 0 saturated carbocycles. The van der Waals surface area contributed by atoms with Crippen molar-refractivity contribution >= 4 is 11.0 Å². The molecule has 1 heterocycles.